The Morgan fingerprint density at radius 3 is 2.71 bits per heavy atom. The van der Waals surface area contributed by atoms with E-state index in [1.165, 1.54) is 23.1 Å². The van der Waals surface area contributed by atoms with E-state index in [-0.39, 0.29) is 17.2 Å². The van der Waals surface area contributed by atoms with E-state index in [0.717, 1.165) is 32.6 Å². The van der Waals surface area contributed by atoms with E-state index in [1.54, 1.807) is 10.8 Å². The van der Waals surface area contributed by atoms with Crippen LogP contribution in [0.3, 0.4) is 0 Å². The van der Waals surface area contributed by atoms with Gasteiger partial charge in [0.1, 0.15) is 9.53 Å². The van der Waals surface area contributed by atoms with Crippen molar-refractivity contribution in [3.05, 3.63) is 93.9 Å². The van der Waals surface area contributed by atoms with Crippen LogP contribution in [0.25, 0.3) is 20.4 Å². The van der Waals surface area contributed by atoms with Crippen LogP contribution in [0.2, 0.25) is 0 Å². The molecule has 0 aliphatic carbocycles. The van der Waals surface area contributed by atoms with Crippen LogP contribution in [0.5, 0.6) is 0 Å². The highest BCUT2D eigenvalue weighted by Crippen LogP contribution is 2.30. The number of amides is 1. The van der Waals surface area contributed by atoms with Crippen LogP contribution in [0.1, 0.15) is 16.7 Å². The van der Waals surface area contributed by atoms with Crippen molar-refractivity contribution >= 4 is 55.1 Å². The molecule has 0 spiro atoms. The monoisotopic (exact) mass is 486 g/mol. The van der Waals surface area contributed by atoms with Crippen LogP contribution in [0, 0.1) is 13.8 Å². The van der Waals surface area contributed by atoms with Gasteiger partial charge >= 0.3 is 0 Å². The number of nitrogens with one attached hydrogen (secondary N) is 1. The number of carbonyl (C=O) groups is 1. The molecule has 6 nitrogen and oxygen atoms in total. The normalized spacial score (nSPS) is 11.2. The van der Waals surface area contributed by atoms with E-state index in [9.17, 15) is 9.59 Å². The number of aryl methyl sites for hydroxylation is 2. The Bertz CT molecular complexity index is 1580. The molecule has 1 amide bonds. The second-order valence-electron chi connectivity index (χ2n) is 8.06. The van der Waals surface area contributed by atoms with Crippen LogP contribution >= 0.6 is 23.1 Å². The van der Waals surface area contributed by atoms with E-state index >= 15 is 0 Å². The van der Waals surface area contributed by atoms with Gasteiger partial charge in [-0.25, -0.2) is 9.97 Å². The van der Waals surface area contributed by atoms with Gasteiger partial charge in [-0.2, -0.15) is 0 Å². The molecule has 2 aromatic carbocycles. The predicted octanol–water partition coefficient (Wildman–Crippen LogP) is 5.40. The number of fused-ring (bicyclic) bond motifs is 3. The van der Waals surface area contributed by atoms with E-state index in [1.807, 2.05) is 74.5 Å². The number of rotatable bonds is 6. The van der Waals surface area contributed by atoms with Crippen LogP contribution in [-0.4, -0.2) is 26.2 Å². The van der Waals surface area contributed by atoms with Gasteiger partial charge in [-0.1, -0.05) is 59.8 Å². The van der Waals surface area contributed by atoms with Crippen molar-refractivity contribution in [2.75, 3.05) is 11.1 Å². The molecule has 170 valence electrons. The van der Waals surface area contributed by atoms with Crippen LogP contribution in [0.4, 0.5) is 5.69 Å². The standard InChI is InChI=1S/C26H22N4O2S2/c1-16-10-11-20(17(2)13-16)28-21(31)15-33-26-29-22-19-9-6-12-27-24(19)34-23(22)25(32)30(26)14-18-7-4-3-5-8-18/h3-13H,14-15H2,1-2H3,(H,28,31). The van der Waals surface area contributed by atoms with Crippen molar-refractivity contribution in [2.45, 2.75) is 25.5 Å². The molecule has 0 fully saturated rings. The molecule has 5 rings (SSSR count). The Labute approximate surface area is 204 Å². The molecule has 0 bridgehead atoms. The SMILES string of the molecule is Cc1ccc(NC(=O)CSc2nc3c(sc4ncccc43)c(=O)n2Cc2ccccc2)c(C)c1. The topological polar surface area (TPSA) is 76.9 Å². The summed E-state index contributed by atoms with van der Waals surface area (Å²) in [6, 6.07) is 19.5. The highest BCUT2D eigenvalue weighted by Gasteiger charge is 2.18. The maximum absolute atomic E-state index is 13.5. The number of benzene rings is 2. The van der Waals surface area contributed by atoms with E-state index in [0.29, 0.717) is 21.9 Å². The third-order valence-corrected chi connectivity index (χ3v) is 7.56. The average molecular weight is 487 g/mol. The fourth-order valence-electron chi connectivity index (χ4n) is 3.83. The van der Waals surface area contributed by atoms with Gasteiger partial charge in [0.2, 0.25) is 5.91 Å². The van der Waals surface area contributed by atoms with Gasteiger partial charge in [0.05, 0.1) is 17.8 Å². The molecule has 1 N–H and O–H groups in total. The van der Waals surface area contributed by atoms with Gasteiger partial charge < -0.3 is 5.32 Å². The molecule has 0 unspecified atom stereocenters. The van der Waals surface area contributed by atoms with E-state index in [4.69, 9.17) is 4.98 Å². The van der Waals surface area contributed by atoms with Gasteiger partial charge in [-0.15, -0.1) is 11.3 Å². The van der Waals surface area contributed by atoms with Crippen LogP contribution < -0.4 is 10.9 Å². The fourth-order valence-corrected chi connectivity index (χ4v) is 5.65. The highest BCUT2D eigenvalue weighted by molar-refractivity contribution is 7.99. The van der Waals surface area contributed by atoms with Gasteiger partial charge in [-0.05, 0) is 43.2 Å². The van der Waals surface area contributed by atoms with Crippen molar-refractivity contribution in [1.29, 1.82) is 0 Å². The molecule has 0 aliphatic rings. The van der Waals surface area contributed by atoms with Gasteiger partial charge in [0, 0.05) is 17.3 Å². The lowest BCUT2D eigenvalue weighted by Crippen LogP contribution is -2.24. The molecule has 34 heavy (non-hydrogen) atoms. The lowest BCUT2D eigenvalue weighted by atomic mass is 10.1. The summed E-state index contributed by atoms with van der Waals surface area (Å²) in [4.78, 5) is 36.3. The van der Waals surface area contributed by atoms with Crippen molar-refractivity contribution in [3.63, 3.8) is 0 Å². The van der Waals surface area contributed by atoms with Crippen LogP contribution in [-0.2, 0) is 11.3 Å². The lowest BCUT2D eigenvalue weighted by molar-refractivity contribution is -0.113. The number of aromatic nitrogens is 3. The third-order valence-electron chi connectivity index (χ3n) is 5.49. The summed E-state index contributed by atoms with van der Waals surface area (Å²) in [6.07, 6.45) is 1.72. The smallest absolute Gasteiger partial charge is 0.272 e. The van der Waals surface area contributed by atoms with E-state index in [2.05, 4.69) is 10.3 Å². The summed E-state index contributed by atoms with van der Waals surface area (Å²) in [5.74, 6) is -0.00481. The molecule has 5 aromatic rings. The first kappa shape index (κ1) is 22.3. The Kier molecular flexibility index (Phi) is 6.17. The van der Waals surface area contributed by atoms with Gasteiger partial charge in [0.25, 0.3) is 5.56 Å². The molecule has 3 heterocycles. The number of hydrogen-bond donors (Lipinski definition) is 1. The minimum atomic E-state index is -0.144. The first-order valence-electron chi connectivity index (χ1n) is 10.8. The largest absolute Gasteiger partial charge is 0.325 e. The first-order chi connectivity index (χ1) is 16.5. The quantitative estimate of drug-likeness (QED) is 0.257. The summed E-state index contributed by atoms with van der Waals surface area (Å²) >= 11 is 2.62. The Morgan fingerprint density at radius 2 is 1.91 bits per heavy atom. The van der Waals surface area contributed by atoms with Gasteiger partial charge in [0.15, 0.2) is 5.16 Å². The summed E-state index contributed by atoms with van der Waals surface area (Å²) in [5.41, 5.74) is 4.46. The molecule has 0 saturated carbocycles. The molecule has 3 aromatic heterocycles. The number of pyridine rings is 1. The maximum atomic E-state index is 13.5. The zero-order valence-corrected chi connectivity index (χ0v) is 20.4. The number of anilines is 1. The minimum absolute atomic E-state index is 0.117. The second kappa shape index (κ2) is 9.40. The number of nitrogens with zero attached hydrogens (tertiary/aromatic N) is 3. The summed E-state index contributed by atoms with van der Waals surface area (Å²) in [7, 11) is 0. The summed E-state index contributed by atoms with van der Waals surface area (Å²) in [5, 5.41) is 4.34. The third kappa shape index (κ3) is 4.47. The molecule has 0 saturated heterocycles. The Morgan fingerprint density at radius 1 is 1.09 bits per heavy atom. The molecule has 0 radical (unpaired) electrons. The molecular formula is C26H22N4O2S2. The van der Waals surface area contributed by atoms with Crippen LogP contribution in [0.15, 0.2) is 76.8 Å². The van der Waals surface area contributed by atoms with Crippen molar-refractivity contribution in [1.82, 2.24) is 14.5 Å². The second-order valence-corrected chi connectivity index (χ2v) is 10.0. The average Bonchev–Trinajstić information content (AvgIpc) is 3.21. The maximum Gasteiger partial charge on any atom is 0.272 e. The summed E-state index contributed by atoms with van der Waals surface area (Å²) < 4.78 is 2.23. The summed E-state index contributed by atoms with van der Waals surface area (Å²) in [6.45, 7) is 4.37. The number of thioether (sulfide) groups is 1. The molecule has 0 atom stereocenters. The Balaban J connectivity index is 1.50. The van der Waals surface area contributed by atoms with Gasteiger partial charge in [-0.3, -0.25) is 14.2 Å². The fraction of sp³-hybridized carbons (Fsp3) is 0.154. The predicted molar refractivity (Wildman–Crippen MR) is 140 cm³/mol. The lowest BCUT2D eigenvalue weighted by Gasteiger charge is -2.13. The number of thiophene rings is 1. The number of hydrogen-bond acceptors (Lipinski definition) is 6. The van der Waals surface area contributed by atoms with E-state index < -0.39 is 0 Å². The first-order valence-corrected chi connectivity index (χ1v) is 12.6. The Hall–Kier alpha value is -3.49. The molecule has 8 heteroatoms. The zero-order valence-electron chi connectivity index (χ0n) is 18.7. The van der Waals surface area contributed by atoms with Crippen molar-refractivity contribution < 1.29 is 4.79 Å². The molecular weight excluding hydrogens is 464 g/mol. The van der Waals surface area contributed by atoms with Crippen molar-refractivity contribution in [3.8, 4) is 0 Å². The van der Waals surface area contributed by atoms with Crippen molar-refractivity contribution in [2.24, 2.45) is 0 Å². The number of carbonyl (C=O) groups excluding carboxylic acids is 1. The molecule has 0 aliphatic heterocycles. The highest BCUT2D eigenvalue weighted by atomic mass is 32.2. The zero-order chi connectivity index (χ0) is 23.7. The minimum Gasteiger partial charge on any atom is -0.325 e.